The van der Waals surface area contributed by atoms with E-state index in [1.807, 2.05) is 12.1 Å². The van der Waals surface area contributed by atoms with Gasteiger partial charge in [-0.15, -0.1) is 0 Å². The van der Waals surface area contributed by atoms with E-state index in [1.54, 1.807) is 18.4 Å². The van der Waals surface area contributed by atoms with Crippen LogP contribution >= 0.6 is 0 Å². The quantitative estimate of drug-likeness (QED) is 0.811. The standard InChI is InChI=1S/C15H18N2O3/c1-11(4-7-14-3-2-8-20-14)16-10-13-6-5-12(9-17-13)15(18)19/h2-3,5-6,8-9,11,16H,4,7,10H2,1H3,(H,18,19). The van der Waals surface area contributed by atoms with Gasteiger partial charge in [0.05, 0.1) is 17.5 Å². The molecule has 0 saturated carbocycles. The van der Waals surface area contributed by atoms with Gasteiger partial charge in [0.1, 0.15) is 5.76 Å². The Hall–Kier alpha value is -2.14. The van der Waals surface area contributed by atoms with Crippen molar-refractivity contribution in [2.45, 2.75) is 32.4 Å². The number of carboxylic acids is 1. The molecule has 2 rings (SSSR count). The first-order chi connectivity index (χ1) is 9.65. The molecule has 1 unspecified atom stereocenters. The van der Waals surface area contributed by atoms with E-state index in [2.05, 4.69) is 17.2 Å². The van der Waals surface area contributed by atoms with E-state index in [0.29, 0.717) is 12.6 Å². The molecule has 0 fully saturated rings. The molecule has 2 N–H and O–H groups in total. The predicted octanol–water partition coefficient (Wildman–Crippen LogP) is 2.48. The molecule has 0 radical (unpaired) electrons. The number of nitrogens with one attached hydrogen (secondary N) is 1. The minimum absolute atomic E-state index is 0.208. The van der Waals surface area contributed by atoms with E-state index in [1.165, 1.54) is 6.20 Å². The second-order valence-corrected chi connectivity index (χ2v) is 4.74. The highest BCUT2D eigenvalue weighted by molar-refractivity contribution is 5.87. The molecule has 0 saturated heterocycles. The van der Waals surface area contributed by atoms with Crippen molar-refractivity contribution in [2.24, 2.45) is 0 Å². The number of pyridine rings is 1. The zero-order valence-corrected chi connectivity index (χ0v) is 11.4. The van der Waals surface area contributed by atoms with Crippen LogP contribution in [0.4, 0.5) is 0 Å². The fourth-order valence-electron chi connectivity index (χ4n) is 1.85. The monoisotopic (exact) mass is 274 g/mol. The fourth-order valence-corrected chi connectivity index (χ4v) is 1.85. The largest absolute Gasteiger partial charge is 0.478 e. The third-order valence-corrected chi connectivity index (χ3v) is 3.11. The summed E-state index contributed by atoms with van der Waals surface area (Å²) < 4.78 is 5.29. The number of rotatable bonds is 7. The van der Waals surface area contributed by atoms with Crippen LogP contribution in [-0.4, -0.2) is 22.1 Å². The summed E-state index contributed by atoms with van der Waals surface area (Å²) in [5, 5.41) is 12.1. The fraction of sp³-hybridized carbons (Fsp3) is 0.333. The van der Waals surface area contributed by atoms with E-state index in [4.69, 9.17) is 9.52 Å². The lowest BCUT2D eigenvalue weighted by molar-refractivity contribution is 0.0696. The van der Waals surface area contributed by atoms with Crippen molar-refractivity contribution in [2.75, 3.05) is 0 Å². The number of aromatic nitrogens is 1. The van der Waals surface area contributed by atoms with E-state index >= 15 is 0 Å². The molecule has 0 spiro atoms. The van der Waals surface area contributed by atoms with Crippen LogP contribution in [0.1, 0.15) is 35.2 Å². The van der Waals surface area contributed by atoms with Crippen molar-refractivity contribution >= 4 is 5.97 Å². The summed E-state index contributed by atoms with van der Waals surface area (Å²) in [6.07, 6.45) is 4.93. The van der Waals surface area contributed by atoms with Crippen LogP contribution in [0.25, 0.3) is 0 Å². The predicted molar refractivity (Wildman–Crippen MR) is 74.5 cm³/mol. The smallest absolute Gasteiger partial charge is 0.337 e. The third-order valence-electron chi connectivity index (χ3n) is 3.11. The van der Waals surface area contributed by atoms with Crippen molar-refractivity contribution in [3.63, 3.8) is 0 Å². The summed E-state index contributed by atoms with van der Waals surface area (Å²) in [6.45, 7) is 2.73. The van der Waals surface area contributed by atoms with Gasteiger partial charge in [0.25, 0.3) is 0 Å². The number of hydrogen-bond acceptors (Lipinski definition) is 4. The maximum Gasteiger partial charge on any atom is 0.337 e. The van der Waals surface area contributed by atoms with Crippen LogP contribution in [0, 0.1) is 0 Å². The highest BCUT2D eigenvalue weighted by Gasteiger charge is 2.06. The maximum atomic E-state index is 10.7. The second kappa shape index (κ2) is 6.86. The van der Waals surface area contributed by atoms with Crippen LogP contribution in [0.15, 0.2) is 41.1 Å². The van der Waals surface area contributed by atoms with Gasteiger partial charge >= 0.3 is 5.97 Å². The van der Waals surface area contributed by atoms with E-state index in [9.17, 15) is 4.79 Å². The molecular weight excluding hydrogens is 256 g/mol. The molecule has 1 atom stereocenters. The first-order valence-electron chi connectivity index (χ1n) is 6.59. The number of carbonyl (C=O) groups is 1. The Kier molecular flexibility index (Phi) is 4.90. The van der Waals surface area contributed by atoms with Gasteiger partial charge in [0.15, 0.2) is 0 Å². The van der Waals surface area contributed by atoms with Crippen LogP contribution in [0.3, 0.4) is 0 Å². The van der Waals surface area contributed by atoms with Gasteiger partial charge in [0, 0.05) is 25.2 Å². The van der Waals surface area contributed by atoms with E-state index in [0.717, 1.165) is 24.3 Å². The van der Waals surface area contributed by atoms with Crippen molar-refractivity contribution in [3.05, 3.63) is 53.7 Å². The third kappa shape index (κ3) is 4.20. The second-order valence-electron chi connectivity index (χ2n) is 4.74. The number of carboxylic acid groups (broad SMARTS) is 1. The molecule has 0 aliphatic rings. The summed E-state index contributed by atoms with van der Waals surface area (Å²) in [7, 11) is 0. The normalized spacial score (nSPS) is 12.2. The van der Waals surface area contributed by atoms with Gasteiger partial charge in [-0.2, -0.15) is 0 Å². The zero-order valence-electron chi connectivity index (χ0n) is 11.4. The summed E-state index contributed by atoms with van der Waals surface area (Å²) in [5.41, 5.74) is 1.04. The molecule has 20 heavy (non-hydrogen) atoms. The van der Waals surface area contributed by atoms with Crippen molar-refractivity contribution < 1.29 is 14.3 Å². The number of nitrogens with zero attached hydrogens (tertiary/aromatic N) is 1. The van der Waals surface area contributed by atoms with Gasteiger partial charge in [-0.05, 0) is 37.6 Å². The lowest BCUT2D eigenvalue weighted by Crippen LogP contribution is -2.26. The Morgan fingerprint density at radius 3 is 2.90 bits per heavy atom. The van der Waals surface area contributed by atoms with Crippen LogP contribution < -0.4 is 5.32 Å². The lowest BCUT2D eigenvalue weighted by Gasteiger charge is -2.12. The topological polar surface area (TPSA) is 75.4 Å². The van der Waals surface area contributed by atoms with E-state index < -0.39 is 5.97 Å². The summed E-state index contributed by atoms with van der Waals surface area (Å²) in [4.78, 5) is 14.8. The molecule has 2 heterocycles. The summed E-state index contributed by atoms with van der Waals surface area (Å²) in [6, 6.07) is 7.50. The zero-order chi connectivity index (χ0) is 14.4. The molecule has 0 aromatic carbocycles. The van der Waals surface area contributed by atoms with Crippen LogP contribution in [-0.2, 0) is 13.0 Å². The van der Waals surface area contributed by atoms with Crippen LogP contribution in [0.5, 0.6) is 0 Å². The average Bonchev–Trinajstić information content (AvgIpc) is 2.96. The summed E-state index contributed by atoms with van der Waals surface area (Å²) in [5.74, 6) is 0.0337. The Bertz CT molecular complexity index is 535. The van der Waals surface area contributed by atoms with Crippen LogP contribution in [0.2, 0.25) is 0 Å². The maximum absolute atomic E-state index is 10.7. The van der Waals surface area contributed by atoms with Crippen molar-refractivity contribution in [3.8, 4) is 0 Å². The van der Waals surface area contributed by atoms with Gasteiger partial charge in [-0.1, -0.05) is 0 Å². The van der Waals surface area contributed by atoms with E-state index in [-0.39, 0.29) is 5.56 Å². The van der Waals surface area contributed by atoms with Gasteiger partial charge in [-0.3, -0.25) is 4.98 Å². The van der Waals surface area contributed by atoms with Crippen molar-refractivity contribution in [1.82, 2.24) is 10.3 Å². The van der Waals surface area contributed by atoms with Crippen molar-refractivity contribution in [1.29, 1.82) is 0 Å². The molecule has 5 nitrogen and oxygen atoms in total. The molecule has 2 aromatic heterocycles. The first kappa shape index (κ1) is 14.3. The Labute approximate surface area is 117 Å². The minimum Gasteiger partial charge on any atom is -0.478 e. The Morgan fingerprint density at radius 2 is 2.30 bits per heavy atom. The highest BCUT2D eigenvalue weighted by Crippen LogP contribution is 2.06. The average molecular weight is 274 g/mol. The highest BCUT2D eigenvalue weighted by atomic mass is 16.4. The lowest BCUT2D eigenvalue weighted by atomic mass is 10.1. The molecule has 5 heteroatoms. The molecule has 0 bridgehead atoms. The van der Waals surface area contributed by atoms with Gasteiger partial charge in [-0.25, -0.2) is 4.79 Å². The number of aryl methyl sites for hydroxylation is 1. The number of aromatic carboxylic acids is 1. The molecule has 0 aliphatic carbocycles. The SMILES string of the molecule is CC(CCc1ccco1)NCc1ccc(C(=O)O)cn1. The first-order valence-corrected chi connectivity index (χ1v) is 6.59. The Balaban J connectivity index is 1.75. The van der Waals surface area contributed by atoms with Gasteiger partial charge < -0.3 is 14.8 Å². The molecule has 106 valence electrons. The molecular formula is C15H18N2O3. The summed E-state index contributed by atoms with van der Waals surface area (Å²) >= 11 is 0. The number of hydrogen-bond donors (Lipinski definition) is 2. The van der Waals surface area contributed by atoms with Gasteiger partial charge in [0.2, 0.25) is 0 Å². The Morgan fingerprint density at radius 1 is 1.45 bits per heavy atom. The molecule has 0 amide bonds. The molecule has 2 aromatic rings. The molecule has 0 aliphatic heterocycles. The minimum atomic E-state index is -0.955. The number of furan rings is 1.